The molecule has 0 bridgehead atoms. The lowest BCUT2D eigenvalue weighted by molar-refractivity contribution is -0.0566. The lowest BCUT2D eigenvalue weighted by Crippen LogP contribution is -2.42. The second-order valence-corrected chi connectivity index (χ2v) is 9.43. The van der Waals surface area contributed by atoms with E-state index in [-0.39, 0.29) is 18.8 Å². The number of fused-ring (bicyclic) bond motifs is 1. The molecule has 1 fully saturated rings. The van der Waals surface area contributed by atoms with E-state index in [4.69, 9.17) is 9.47 Å². The first-order valence-corrected chi connectivity index (χ1v) is 12.1. The molecule has 1 aromatic heterocycles. The van der Waals surface area contributed by atoms with E-state index in [9.17, 15) is 14.7 Å². The number of anilines is 1. The van der Waals surface area contributed by atoms with Crippen molar-refractivity contribution in [3.8, 4) is 16.9 Å². The van der Waals surface area contributed by atoms with Gasteiger partial charge in [0.05, 0.1) is 26.4 Å². The van der Waals surface area contributed by atoms with Gasteiger partial charge in [-0.15, -0.1) is 0 Å². The molecular formula is C27H30N4O5. The number of benzene rings is 2. The summed E-state index contributed by atoms with van der Waals surface area (Å²) in [5.41, 5.74) is 2.30. The van der Waals surface area contributed by atoms with Crippen LogP contribution in [-0.4, -0.2) is 53.5 Å². The minimum Gasteiger partial charge on any atom is -0.501 e. The van der Waals surface area contributed by atoms with Gasteiger partial charge in [-0.25, -0.2) is 4.98 Å². The number of aromatic nitrogens is 2. The van der Waals surface area contributed by atoms with Crippen molar-refractivity contribution in [2.24, 2.45) is 0 Å². The van der Waals surface area contributed by atoms with Gasteiger partial charge in [-0.1, -0.05) is 36.4 Å². The quantitative estimate of drug-likeness (QED) is 0.566. The Bertz CT molecular complexity index is 1330. The predicted molar refractivity (Wildman–Crippen MR) is 135 cm³/mol. The van der Waals surface area contributed by atoms with Gasteiger partial charge in [-0.2, -0.15) is 0 Å². The molecule has 0 unspecified atom stereocenters. The van der Waals surface area contributed by atoms with Crippen LogP contribution < -0.4 is 15.8 Å². The van der Waals surface area contributed by atoms with Crippen LogP contribution in [0.25, 0.3) is 11.1 Å². The normalized spacial score (nSPS) is 16.9. The largest absolute Gasteiger partial charge is 0.501 e. The number of carbonyl (C=O) groups is 1. The first-order valence-electron chi connectivity index (χ1n) is 12.1. The summed E-state index contributed by atoms with van der Waals surface area (Å²) in [5.74, 6) is -0.949. The summed E-state index contributed by atoms with van der Waals surface area (Å²) < 4.78 is 12.5. The Morgan fingerprint density at radius 1 is 1.06 bits per heavy atom. The minimum absolute atomic E-state index is 0.208. The van der Waals surface area contributed by atoms with Crippen LogP contribution in [0, 0.1) is 0 Å². The predicted octanol–water partition coefficient (Wildman–Crippen LogP) is 2.65. The van der Waals surface area contributed by atoms with Crippen LogP contribution in [0.3, 0.4) is 0 Å². The highest BCUT2D eigenvalue weighted by Crippen LogP contribution is 2.28. The van der Waals surface area contributed by atoms with Gasteiger partial charge < -0.3 is 24.8 Å². The Kier molecular flexibility index (Phi) is 6.51. The maximum absolute atomic E-state index is 13.0. The van der Waals surface area contributed by atoms with Crippen LogP contribution in [0.4, 0.5) is 5.69 Å². The molecule has 0 aliphatic carbocycles. The van der Waals surface area contributed by atoms with Crippen LogP contribution in [0.5, 0.6) is 5.75 Å². The van der Waals surface area contributed by atoms with Gasteiger partial charge in [0.1, 0.15) is 11.4 Å². The SMILES string of the molecule is CC1(C)OCCn2c1nc(C(=O)NCc1ccccc1-c1ccc(N3CCOCC3)cc1)c(O)c2=O. The van der Waals surface area contributed by atoms with Crippen LogP contribution in [0.1, 0.15) is 35.7 Å². The Balaban J connectivity index is 1.36. The van der Waals surface area contributed by atoms with Gasteiger partial charge in [0.2, 0.25) is 5.75 Å². The van der Waals surface area contributed by atoms with Crippen molar-refractivity contribution in [2.45, 2.75) is 32.5 Å². The average molecular weight is 491 g/mol. The number of nitrogens with one attached hydrogen (secondary N) is 1. The van der Waals surface area contributed by atoms with E-state index in [2.05, 4.69) is 39.5 Å². The molecule has 1 saturated heterocycles. The molecule has 2 aromatic carbocycles. The molecular weight excluding hydrogens is 460 g/mol. The zero-order valence-electron chi connectivity index (χ0n) is 20.5. The van der Waals surface area contributed by atoms with Gasteiger partial charge in [0.15, 0.2) is 5.69 Å². The zero-order chi connectivity index (χ0) is 25.3. The fourth-order valence-corrected chi connectivity index (χ4v) is 4.72. The first kappa shape index (κ1) is 24.0. The number of ether oxygens (including phenoxy) is 2. The van der Waals surface area contributed by atoms with E-state index in [0.717, 1.165) is 48.7 Å². The molecule has 1 amide bonds. The molecule has 2 aliphatic rings. The number of rotatable bonds is 5. The van der Waals surface area contributed by atoms with Gasteiger partial charge in [0.25, 0.3) is 11.5 Å². The molecule has 3 heterocycles. The smallest absolute Gasteiger partial charge is 0.296 e. The summed E-state index contributed by atoms with van der Waals surface area (Å²) in [4.78, 5) is 32.4. The highest BCUT2D eigenvalue weighted by atomic mass is 16.5. The van der Waals surface area contributed by atoms with E-state index < -0.39 is 22.8 Å². The van der Waals surface area contributed by atoms with E-state index >= 15 is 0 Å². The van der Waals surface area contributed by atoms with Gasteiger partial charge in [-0.05, 0) is 42.7 Å². The monoisotopic (exact) mass is 490 g/mol. The summed E-state index contributed by atoms with van der Waals surface area (Å²) in [6, 6.07) is 16.2. The average Bonchev–Trinajstić information content (AvgIpc) is 2.90. The third kappa shape index (κ3) is 4.59. The summed E-state index contributed by atoms with van der Waals surface area (Å²) in [6.45, 7) is 7.59. The van der Waals surface area contributed by atoms with Crippen molar-refractivity contribution in [3.63, 3.8) is 0 Å². The number of amides is 1. The van der Waals surface area contributed by atoms with Crippen LogP contribution in [0.2, 0.25) is 0 Å². The number of aromatic hydroxyl groups is 1. The van der Waals surface area contributed by atoms with E-state index in [1.165, 1.54) is 4.57 Å². The molecule has 0 radical (unpaired) electrons. The Hall–Kier alpha value is -3.69. The van der Waals surface area contributed by atoms with Crippen molar-refractivity contribution < 1.29 is 19.4 Å². The lowest BCUT2D eigenvalue weighted by Gasteiger charge is -2.32. The number of hydrogen-bond acceptors (Lipinski definition) is 7. The van der Waals surface area contributed by atoms with E-state index in [1.807, 2.05) is 24.3 Å². The van der Waals surface area contributed by atoms with Crippen LogP contribution in [-0.2, 0) is 28.2 Å². The standard InChI is InChI=1S/C27H30N4O5/c1-27(2)26-29-22(23(32)25(34)31(26)13-16-36-27)24(33)28-17-19-5-3-4-6-21(19)18-7-9-20(10-8-18)30-11-14-35-15-12-30/h3-10,32H,11-17H2,1-2H3,(H,28,33). The van der Waals surface area contributed by atoms with Gasteiger partial charge >= 0.3 is 0 Å². The number of hydrogen-bond donors (Lipinski definition) is 2. The third-order valence-corrected chi connectivity index (χ3v) is 6.69. The molecule has 0 spiro atoms. The highest BCUT2D eigenvalue weighted by Gasteiger charge is 2.34. The third-order valence-electron chi connectivity index (χ3n) is 6.69. The number of carbonyl (C=O) groups excluding carboxylic acids is 1. The molecule has 0 atom stereocenters. The van der Waals surface area contributed by atoms with Gasteiger partial charge in [-0.3, -0.25) is 14.2 Å². The summed E-state index contributed by atoms with van der Waals surface area (Å²) in [7, 11) is 0. The minimum atomic E-state index is -0.847. The van der Waals surface area contributed by atoms with Crippen LogP contribution in [0.15, 0.2) is 53.3 Å². The highest BCUT2D eigenvalue weighted by molar-refractivity contribution is 5.94. The van der Waals surface area contributed by atoms with Crippen LogP contribution >= 0.6 is 0 Å². The first-order chi connectivity index (χ1) is 17.3. The lowest BCUT2D eigenvalue weighted by atomic mass is 9.99. The fraction of sp³-hybridized carbons (Fsp3) is 0.370. The van der Waals surface area contributed by atoms with Crippen molar-refractivity contribution in [3.05, 3.63) is 76.0 Å². The second kappa shape index (κ2) is 9.75. The maximum Gasteiger partial charge on any atom is 0.296 e. The summed E-state index contributed by atoms with van der Waals surface area (Å²) >= 11 is 0. The van der Waals surface area contributed by atoms with E-state index in [1.54, 1.807) is 13.8 Å². The van der Waals surface area contributed by atoms with Crippen molar-refractivity contribution >= 4 is 11.6 Å². The Morgan fingerprint density at radius 3 is 2.53 bits per heavy atom. The fourth-order valence-electron chi connectivity index (χ4n) is 4.72. The Labute approximate surface area is 209 Å². The number of nitrogens with zero attached hydrogens (tertiary/aromatic N) is 3. The molecule has 3 aromatic rings. The molecule has 2 N–H and O–H groups in total. The van der Waals surface area contributed by atoms with Crippen molar-refractivity contribution in [2.75, 3.05) is 37.8 Å². The van der Waals surface area contributed by atoms with Crippen molar-refractivity contribution in [1.82, 2.24) is 14.9 Å². The second-order valence-electron chi connectivity index (χ2n) is 9.43. The van der Waals surface area contributed by atoms with Crippen molar-refractivity contribution in [1.29, 1.82) is 0 Å². The molecule has 5 rings (SSSR count). The maximum atomic E-state index is 13.0. The van der Waals surface area contributed by atoms with Gasteiger partial charge in [0, 0.05) is 25.3 Å². The Morgan fingerprint density at radius 2 is 1.78 bits per heavy atom. The number of morpholine rings is 1. The van der Waals surface area contributed by atoms with E-state index in [0.29, 0.717) is 12.4 Å². The molecule has 9 nitrogen and oxygen atoms in total. The summed E-state index contributed by atoms with van der Waals surface area (Å²) in [5, 5.41) is 13.3. The summed E-state index contributed by atoms with van der Waals surface area (Å²) in [6.07, 6.45) is 0. The molecule has 9 heteroatoms. The molecule has 0 saturated carbocycles. The molecule has 2 aliphatic heterocycles. The topological polar surface area (TPSA) is 106 Å². The molecule has 36 heavy (non-hydrogen) atoms. The zero-order valence-corrected chi connectivity index (χ0v) is 20.5. The molecule has 188 valence electrons.